The molecule has 0 radical (unpaired) electrons. The SMILES string of the molecule is CCn1c(=O)n(CCC(=O)Oc2ccc(F)cc2)c2ccccc21. The second-order valence-corrected chi connectivity index (χ2v) is 5.35. The van der Waals surface area contributed by atoms with Gasteiger partial charge in [0.1, 0.15) is 11.6 Å². The van der Waals surface area contributed by atoms with Crippen molar-refractivity contribution in [2.75, 3.05) is 0 Å². The van der Waals surface area contributed by atoms with Gasteiger partial charge < -0.3 is 4.74 Å². The van der Waals surface area contributed by atoms with Crippen molar-refractivity contribution in [3.8, 4) is 5.75 Å². The van der Waals surface area contributed by atoms with Crippen LogP contribution in [0.4, 0.5) is 4.39 Å². The van der Waals surface area contributed by atoms with Crippen molar-refractivity contribution in [3.05, 3.63) is 64.8 Å². The topological polar surface area (TPSA) is 53.2 Å². The molecule has 0 unspecified atom stereocenters. The zero-order valence-electron chi connectivity index (χ0n) is 13.2. The number of halogens is 1. The number of aromatic nitrogens is 2. The first-order chi connectivity index (χ1) is 11.6. The van der Waals surface area contributed by atoms with E-state index in [1.54, 1.807) is 9.13 Å². The zero-order valence-corrected chi connectivity index (χ0v) is 13.2. The van der Waals surface area contributed by atoms with E-state index in [2.05, 4.69) is 0 Å². The van der Waals surface area contributed by atoms with Crippen molar-refractivity contribution in [3.63, 3.8) is 0 Å². The summed E-state index contributed by atoms with van der Waals surface area (Å²) in [5.74, 6) is -0.583. The van der Waals surface area contributed by atoms with Crippen molar-refractivity contribution in [2.24, 2.45) is 0 Å². The fourth-order valence-electron chi connectivity index (χ4n) is 2.68. The van der Waals surface area contributed by atoms with Gasteiger partial charge in [0.05, 0.1) is 17.5 Å². The molecule has 1 heterocycles. The van der Waals surface area contributed by atoms with Gasteiger partial charge >= 0.3 is 11.7 Å². The van der Waals surface area contributed by atoms with Crippen molar-refractivity contribution in [2.45, 2.75) is 26.4 Å². The summed E-state index contributed by atoms with van der Waals surface area (Å²) in [6.45, 7) is 2.69. The number of ether oxygens (including phenoxy) is 1. The van der Waals surface area contributed by atoms with E-state index in [9.17, 15) is 14.0 Å². The van der Waals surface area contributed by atoms with Crippen LogP contribution < -0.4 is 10.4 Å². The highest BCUT2D eigenvalue weighted by Gasteiger charge is 2.13. The average Bonchev–Trinajstić information content (AvgIpc) is 2.86. The summed E-state index contributed by atoms with van der Waals surface area (Å²) >= 11 is 0. The maximum absolute atomic E-state index is 12.8. The number of nitrogens with zero attached hydrogens (tertiary/aromatic N) is 2. The van der Waals surface area contributed by atoms with Gasteiger partial charge in [-0.2, -0.15) is 0 Å². The summed E-state index contributed by atoms with van der Waals surface area (Å²) in [7, 11) is 0. The largest absolute Gasteiger partial charge is 0.426 e. The number of imidazole rings is 1. The minimum absolute atomic E-state index is 0.0506. The second-order valence-electron chi connectivity index (χ2n) is 5.35. The van der Waals surface area contributed by atoms with Gasteiger partial charge in [-0.1, -0.05) is 12.1 Å². The number of carbonyl (C=O) groups excluding carboxylic acids is 1. The maximum Gasteiger partial charge on any atom is 0.329 e. The number of hydrogen-bond acceptors (Lipinski definition) is 3. The van der Waals surface area contributed by atoms with E-state index in [0.717, 1.165) is 11.0 Å². The lowest BCUT2D eigenvalue weighted by Gasteiger charge is -2.05. The first-order valence-electron chi connectivity index (χ1n) is 7.74. The van der Waals surface area contributed by atoms with E-state index in [-0.39, 0.29) is 24.4 Å². The number of aryl methyl sites for hydroxylation is 2. The van der Waals surface area contributed by atoms with Gasteiger partial charge in [0.2, 0.25) is 0 Å². The summed E-state index contributed by atoms with van der Waals surface area (Å²) in [6.07, 6.45) is 0.0506. The van der Waals surface area contributed by atoms with E-state index in [1.165, 1.54) is 24.3 Å². The smallest absolute Gasteiger partial charge is 0.329 e. The predicted molar refractivity (Wildman–Crippen MR) is 88.5 cm³/mol. The first kappa shape index (κ1) is 16.0. The molecule has 0 amide bonds. The monoisotopic (exact) mass is 328 g/mol. The molecule has 0 aliphatic carbocycles. The molecule has 0 N–H and O–H groups in total. The number of esters is 1. The van der Waals surface area contributed by atoms with Crippen molar-refractivity contribution >= 4 is 17.0 Å². The lowest BCUT2D eigenvalue weighted by molar-refractivity contribution is -0.134. The van der Waals surface area contributed by atoms with Crippen LogP contribution in [0.15, 0.2) is 53.3 Å². The van der Waals surface area contributed by atoms with Gasteiger partial charge in [0.15, 0.2) is 0 Å². The Hall–Kier alpha value is -2.89. The third kappa shape index (κ3) is 3.08. The van der Waals surface area contributed by atoms with Crippen LogP contribution in [0, 0.1) is 5.82 Å². The van der Waals surface area contributed by atoms with E-state index < -0.39 is 11.8 Å². The Kier molecular flexibility index (Phi) is 4.46. The number of fused-ring (bicyclic) bond motifs is 1. The molecule has 0 bridgehead atoms. The van der Waals surface area contributed by atoms with Crippen LogP contribution in [0.25, 0.3) is 11.0 Å². The highest BCUT2D eigenvalue weighted by atomic mass is 19.1. The standard InChI is InChI=1S/C18H17FN2O3/c1-2-20-15-5-3-4-6-16(15)21(18(20)23)12-11-17(22)24-14-9-7-13(19)8-10-14/h3-10H,2,11-12H2,1H3. The lowest BCUT2D eigenvalue weighted by atomic mass is 10.3. The van der Waals surface area contributed by atoms with Crippen LogP contribution >= 0.6 is 0 Å². The molecule has 3 rings (SSSR count). The van der Waals surface area contributed by atoms with E-state index in [4.69, 9.17) is 4.74 Å². The molecule has 5 nitrogen and oxygen atoms in total. The molecule has 0 aliphatic rings. The van der Waals surface area contributed by atoms with E-state index in [1.807, 2.05) is 31.2 Å². The summed E-state index contributed by atoms with van der Waals surface area (Å²) in [5.41, 5.74) is 1.49. The third-order valence-electron chi connectivity index (χ3n) is 3.83. The Morgan fingerprint density at radius 3 is 2.29 bits per heavy atom. The average molecular weight is 328 g/mol. The van der Waals surface area contributed by atoms with Gasteiger partial charge in [-0.05, 0) is 43.3 Å². The first-order valence-corrected chi connectivity index (χ1v) is 7.74. The highest BCUT2D eigenvalue weighted by molar-refractivity contribution is 5.76. The number of rotatable bonds is 5. The van der Waals surface area contributed by atoms with E-state index in [0.29, 0.717) is 6.54 Å². The number of benzene rings is 2. The summed E-state index contributed by atoms with van der Waals surface area (Å²) in [5, 5.41) is 0. The fourth-order valence-corrected chi connectivity index (χ4v) is 2.68. The predicted octanol–water partition coefficient (Wildman–Crippen LogP) is 2.96. The molecular weight excluding hydrogens is 311 g/mol. The molecule has 1 aromatic heterocycles. The Balaban J connectivity index is 1.76. The number of para-hydroxylation sites is 2. The van der Waals surface area contributed by atoms with Crippen molar-refractivity contribution in [1.29, 1.82) is 0 Å². The molecule has 0 saturated carbocycles. The molecule has 0 aliphatic heterocycles. The lowest BCUT2D eigenvalue weighted by Crippen LogP contribution is -2.25. The summed E-state index contributed by atoms with van der Waals surface area (Å²) in [4.78, 5) is 24.4. The Morgan fingerprint density at radius 2 is 1.67 bits per heavy atom. The van der Waals surface area contributed by atoms with Crippen LogP contribution in [0.3, 0.4) is 0 Å². The minimum atomic E-state index is -0.471. The quantitative estimate of drug-likeness (QED) is 0.534. The van der Waals surface area contributed by atoms with Crippen LogP contribution in [0.5, 0.6) is 5.75 Å². The molecule has 0 fully saturated rings. The van der Waals surface area contributed by atoms with E-state index >= 15 is 0 Å². The van der Waals surface area contributed by atoms with Gasteiger partial charge in [0, 0.05) is 13.1 Å². The Morgan fingerprint density at radius 1 is 1.04 bits per heavy atom. The molecule has 24 heavy (non-hydrogen) atoms. The summed E-state index contributed by atoms with van der Waals surface area (Å²) < 4.78 is 21.2. The van der Waals surface area contributed by atoms with Crippen LogP contribution in [0.1, 0.15) is 13.3 Å². The summed E-state index contributed by atoms with van der Waals surface area (Å²) in [6, 6.07) is 12.7. The van der Waals surface area contributed by atoms with Gasteiger partial charge in [0.25, 0.3) is 0 Å². The number of carbonyl (C=O) groups is 1. The van der Waals surface area contributed by atoms with Crippen LogP contribution in [-0.4, -0.2) is 15.1 Å². The third-order valence-corrected chi connectivity index (χ3v) is 3.83. The highest BCUT2D eigenvalue weighted by Crippen LogP contribution is 2.14. The van der Waals surface area contributed by atoms with Crippen LogP contribution in [0.2, 0.25) is 0 Å². The van der Waals surface area contributed by atoms with Gasteiger partial charge in [-0.3, -0.25) is 13.9 Å². The normalized spacial score (nSPS) is 10.9. The van der Waals surface area contributed by atoms with Gasteiger partial charge in [-0.15, -0.1) is 0 Å². The fraction of sp³-hybridized carbons (Fsp3) is 0.222. The van der Waals surface area contributed by atoms with Crippen molar-refractivity contribution < 1.29 is 13.9 Å². The molecule has 0 atom stereocenters. The second kappa shape index (κ2) is 6.70. The Labute approximate surface area is 137 Å². The molecule has 0 spiro atoms. The number of hydrogen-bond donors (Lipinski definition) is 0. The molecule has 6 heteroatoms. The molecule has 0 saturated heterocycles. The van der Waals surface area contributed by atoms with Crippen LogP contribution in [-0.2, 0) is 17.9 Å². The molecule has 2 aromatic carbocycles. The zero-order chi connectivity index (χ0) is 17.1. The molecular formula is C18H17FN2O3. The molecule has 124 valence electrons. The minimum Gasteiger partial charge on any atom is -0.426 e. The molecule has 3 aromatic rings. The maximum atomic E-state index is 12.8. The van der Waals surface area contributed by atoms with Gasteiger partial charge in [-0.25, -0.2) is 9.18 Å². The Bertz CT molecular complexity index is 926. The van der Waals surface area contributed by atoms with Crippen molar-refractivity contribution in [1.82, 2.24) is 9.13 Å².